The first-order valence-electron chi connectivity index (χ1n) is 19.4. The zero-order chi connectivity index (χ0) is 41.5. The number of halogens is 2. The number of ether oxygens (including phenoxy) is 2. The molecule has 8 nitrogen and oxygen atoms in total. The monoisotopic (exact) mass is 821 g/mol. The third-order valence-electron chi connectivity index (χ3n) is 10.7. The van der Waals surface area contributed by atoms with Crippen LogP contribution in [0.2, 0.25) is 10.0 Å². The smallest absolute Gasteiger partial charge is 0.121 e. The number of rotatable bonds is 12. The summed E-state index contributed by atoms with van der Waals surface area (Å²) in [4.78, 5) is 9.93. The van der Waals surface area contributed by atoms with Crippen molar-refractivity contribution in [2.45, 2.75) is 51.8 Å². The van der Waals surface area contributed by atoms with Gasteiger partial charge in [-0.25, -0.2) is 9.97 Å². The van der Waals surface area contributed by atoms with Crippen molar-refractivity contribution in [2.24, 2.45) is 0 Å². The van der Waals surface area contributed by atoms with Gasteiger partial charge in [0.15, 0.2) is 0 Å². The number of nitrogens with zero attached hydrogens (tertiary/aromatic N) is 5. The van der Waals surface area contributed by atoms with Gasteiger partial charge in [0.05, 0.1) is 68.5 Å². The van der Waals surface area contributed by atoms with Gasteiger partial charge in [-0.15, -0.1) is 0 Å². The van der Waals surface area contributed by atoms with Gasteiger partial charge < -0.3 is 23.7 Å². The van der Waals surface area contributed by atoms with E-state index in [1.54, 1.807) is 14.2 Å². The van der Waals surface area contributed by atoms with Crippen LogP contribution in [-0.4, -0.2) is 38.4 Å². The molecule has 59 heavy (non-hydrogen) atoms. The van der Waals surface area contributed by atoms with E-state index in [0.29, 0.717) is 19.5 Å². The second-order valence-electron chi connectivity index (χ2n) is 14.4. The van der Waals surface area contributed by atoms with Gasteiger partial charge in [-0.3, -0.25) is 0 Å². The fraction of sp³-hybridized carbons (Fsp3) is 0.204. The van der Waals surface area contributed by atoms with Gasteiger partial charge in [-0.05, 0) is 69.8 Å². The summed E-state index contributed by atoms with van der Waals surface area (Å²) >= 11 is 12.9. The van der Waals surface area contributed by atoms with Crippen molar-refractivity contribution >= 4 is 45.3 Å². The van der Waals surface area contributed by atoms with E-state index < -0.39 is 0 Å². The van der Waals surface area contributed by atoms with E-state index in [4.69, 9.17) is 47.9 Å². The third-order valence-corrected chi connectivity index (χ3v) is 11.5. The van der Waals surface area contributed by atoms with Gasteiger partial charge in [-0.1, -0.05) is 122 Å². The van der Waals surface area contributed by atoms with Crippen LogP contribution in [0.4, 0.5) is 0 Å². The summed E-state index contributed by atoms with van der Waals surface area (Å²) in [6.07, 6.45) is 0.416. The maximum absolute atomic E-state index is 9.32. The molecule has 0 aliphatic heterocycles. The Morgan fingerprint density at radius 1 is 0.610 bits per heavy atom. The van der Waals surface area contributed by atoms with Gasteiger partial charge in [0.2, 0.25) is 0 Å². The molecule has 0 fully saturated rings. The van der Waals surface area contributed by atoms with Gasteiger partial charge in [0.25, 0.3) is 0 Å². The predicted molar refractivity (Wildman–Crippen MR) is 237 cm³/mol. The number of hydrogen-bond donors (Lipinski definition) is 1. The number of aromatic nitrogens is 4. The Kier molecular flexibility index (Phi) is 13.0. The molecule has 1 N–H and O–H groups in total. The van der Waals surface area contributed by atoms with Gasteiger partial charge >= 0.3 is 0 Å². The zero-order valence-corrected chi connectivity index (χ0v) is 35.0. The molecule has 2 aromatic heterocycles. The molecule has 2 heterocycles. The van der Waals surface area contributed by atoms with Crippen molar-refractivity contribution in [2.75, 3.05) is 14.2 Å². The quantitative estimate of drug-likeness (QED) is 0.132. The summed E-state index contributed by atoms with van der Waals surface area (Å²) in [5.74, 6) is 3.64. The molecule has 0 bridgehead atoms. The molecule has 10 heteroatoms. The van der Waals surface area contributed by atoms with Crippen LogP contribution in [0.25, 0.3) is 22.1 Å². The summed E-state index contributed by atoms with van der Waals surface area (Å²) in [6, 6.07) is 46.1. The molecule has 2 atom stereocenters. The second-order valence-corrected chi connectivity index (χ2v) is 15.2. The molecule has 0 spiro atoms. The Bertz CT molecular complexity index is 2740. The maximum Gasteiger partial charge on any atom is 0.121 e. The molecular weight excluding hydrogens is 777 g/mol. The van der Waals surface area contributed by atoms with Crippen LogP contribution in [0.3, 0.4) is 0 Å². The number of fused-ring (bicyclic) bond motifs is 2. The van der Waals surface area contributed by atoms with Crippen LogP contribution in [0.15, 0.2) is 133 Å². The number of benzene rings is 6. The molecule has 0 aliphatic carbocycles. The average molecular weight is 823 g/mol. The van der Waals surface area contributed by atoms with Crippen LogP contribution in [0.1, 0.15) is 70.7 Å². The molecule has 0 radical (unpaired) electrons. The first kappa shape index (κ1) is 41.1. The Morgan fingerprint density at radius 2 is 1.03 bits per heavy atom. The first-order chi connectivity index (χ1) is 28.7. The number of nitriles is 1. The molecule has 2 unspecified atom stereocenters. The van der Waals surface area contributed by atoms with Crippen LogP contribution >= 0.6 is 23.2 Å². The summed E-state index contributed by atoms with van der Waals surface area (Å²) in [7, 11) is 3.32. The fourth-order valence-electron chi connectivity index (χ4n) is 7.32. The van der Waals surface area contributed by atoms with Gasteiger partial charge in [0, 0.05) is 34.0 Å². The van der Waals surface area contributed by atoms with E-state index in [1.807, 2.05) is 109 Å². The van der Waals surface area contributed by atoms with Crippen molar-refractivity contribution in [3.63, 3.8) is 0 Å². The number of imidazole rings is 2. The fourth-order valence-corrected chi connectivity index (χ4v) is 7.71. The van der Waals surface area contributed by atoms with E-state index in [0.717, 1.165) is 88.6 Å². The lowest BCUT2D eigenvalue weighted by atomic mass is 9.98. The van der Waals surface area contributed by atoms with Crippen molar-refractivity contribution < 1.29 is 14.6 Å². The predicted octanol–water partition coefficient (Wildman–Crippen LogP) is 11.4. The topological polar surface area (TPSA) is 98.1 Å². The Morgan fingerprint density at radius 3 is 1.42 bits per heavy atom. The number of aliphatic hydroxyl groups excluding tert-OH is 1. The lowest BCUT2D eigenvalue weighted by Gasteiger charge is -2.16. The standard InChI is InChI=1S/C25H22ClN3O.C24H23ClN2O2/c1-17(19-9-7-18(8-10-19)13-14-27)25-28-23-15-21(30-2)11-12-24(23)29(25)16-20-5-3-4-6-22(20)26;1-16(18-9-7-17(15-28)8-10-18)24-26-22-13-20(29-2)11-12-23(22)27(24)14-19-5-3-4-6-21(19)25/h3-12,15,17H,13,16H2,1-2H3;3-13,16,28H,14-15H2,1-2H3. The first-order valence-corrected chi connectivity index (χ1v) is 20.2. The molecule has 0 amide bonds. The van der Waals surface area contributed by atoms with E-state index in [9.17, 15) is 5.11 Å². The third kappa shape index (κ3) is 9.14. The molecule has 8 rings (SSSR count). The highest BCUT2D eigenvalue weighted by atomic mass is 35.5. The highest BCUT2D eigenvalue weighted by Crippen LogP contribution is 2.33. The van der Waals surface area contributed by atoms with Crippen LogP contribution in [-0.2, 0) is 26.1 Å². The minimum absolute atomic E-state index is 0.0411. The molecule has 0 aliphatic rings. The van der Waals surface area contributed by atoms with Crippen LogP contribution < -0.4 is 9.47 Å². The highest BCUT2D eigenvalue weighted by Gasteiger charge is 2.21. The van der Waals surface area contributed by atoms with Crippen LogP contribution in [0, 0.1) is 11.3 Å². The number of aliphatic hydroxyl groups is 1. The number of methoxy groups -OCH3 is 2. The molecule has 6 aromatic carbocycles. The molecule has 0 saturated heterocycles. The molecule has 0 saturated carbocycles. The Balaban J connectivity index is 0.000000179. The van der Waals surface area contributed by atoms with Crippen molar-refractivity contribution in [1.29, 1.82) is 5.26 Å². The molecule has 8 aromatic rings. The number of hydrogen-bond acceptors (Lipinski definition) is 6. The maximum atomic E-state index is 9.32. The lowest BCUT2D eigenvalue weighted by molar-refractivity contribution is 0.282. The Hall–Kier alpha value is -6.11. The SMILES string of the molecule is COc1ccc2c(c1)nc(C(C)c1ccc(CC#N)cc1)n2Cc1ccccc1Cl.COc1ccc2c(c1)nc(C(C)c1ccc(CO)cc1)n2Cc1ccccc1Cl. The van der Waals surface area contributed by atoms with Crippen molar-refractivity contribution in [1.82, 2.24) is 19.1 Å². The molecular formula is C49H45Cl2N5O3. The average Bonchev–Trinajstić information content (AvgIpc) is 3.82. The van der Waals surface area contributed by atoms with Gasteiger partial charge in [0.1, 0.15) is 23.1 Å². The lowest BCUT2D eigenvalue weighted by Crippen LogP contribution is -2.09. The van der Waals surface area contributed by atoms with Gasteiger partial charge in [-0.2, -0.15) is 5.26 Å². The van der Waals surface area contributed by atoms with Crippen LogP contribution in [0.5, 0.6) is 11.5 Å². The van der Waals surface area contributed by atoms with E-state index in [-0.39, 0.29) is 18.4 Å². The normalized spacial score (nSPS) is 12.1. The van der Waals surface area contributed by atoms with E-state index in [2.05, 4.69) is 53.3 Å². The highest BCUT2D eigenvalue weighted by molar-refractivity contribution is 6.31. The summed E-state index contributed by atoms with van der Waals surface area (Å²) < 4.78 is 15.2. The minimum atomic E-state index is 0.0411. The van der Waals surface area contributed by atoms with E-state index >= 15 is 0 Å². The largest absolute Gasteiger partial charge is 0.497 e. The van der Waals surface area contributed by atoms with Crippen molar-refractivity contribution in [3.05, 3.63) is 189 Å². The van der Waals surface area contributed by atoms with Crippen molar-refractivity contribution in [3.8, 4) is 17.6 Å². The summed E-state index contributed by atoms with van der Waals surface area (Å²) in [5, 5.41) is 19.7. The minimum Gasteiger partial charge on any atom is -0.497 e. The second kappa shape index (κ2) is 18.6. The molecule has 298 valence electrons. The Labute approximate surface area is 354 Å². The summed E-state index contributed by atoms with van der Waals surface area (Å²) in [5.41, 5.74) is 10.2. The zero-order valence-electron chi connectivity index (χ0n) is 33.4. The van der Waals surface area contributed by atoms with E-state index in [1.165, 1.54) is 0 Å². The summed E-state index contributed by atoms with van der Waals surface area (Å²) in [6.45, 7) is 5.61.